The van der Waals surface area contributed by atoms with E-state index < -0.39 is 0 Å². The Morgan fingerprint density at radius 3 is 3.05 bits per heavy atom. The molecule has 1 fully saturated rings. The van der Waals surface area contributed by atoms with Gasteiger partial charge in [-0.3, -0.25) is 0 Å². The van der Waals surface area contributed by atoms with Gasteiger partial charge in [-0.25, -0.2) is 4.98 Å². The van der Waals surface area contributed by atoms with Crippen LogP contribution in [-0.2, 0) is 13.1 Å². The number of fused-ring (bicyclic) bond motifs is 1. The van der Waals surface area contributed by atoms with Gasteiger partial charge in [0, 0.05) is 30.4 Å². The molecule has 4 heteroatoms. The number of aromatic nitrogens is 2. The van der Waals surface area contributed by atoms with Gasteiger partial charge in [0.2, 0.25) is 0 Å². The van der Waals surface area contributed by atoms with Crippen molar-refractivity contribution in [1.82, 2.24) is 14.9 Å². The SMILES string of the molecule is c1cc(CNC2CC2)c2c(c1)ccn2Cc1nccs1. The maximum absolute atomic E-state index is 4.39. The summed E-state index contributed by atoms with van der Waals surface area (Å²) >= 11 is 1.72. The molecule has 2 aromatic heterocycles. The van der Waals surface area contributed by atoms with Crippen LogP contribution in [0.2, 0.25) is 0 Å². The molecule has 3 nitrogen and oxygen atoms in total. The van der Waals surface area contributed by atoms with Gasteiger partial charge < -0.3 is 9.88 Å². The normalized spacial score (nSPS) is 15.0. The number of nitrogens with one attached hydrogen (secondary N) is 1. The first kappa shape index (κ1) is 12.1. The third-order valence-corrected chi connectivity index (χ3v) is 4.58. The van der Waals surface area contributed by atoms with E-state index in [2.05, 4.69) is 45.3 Å². The van der Waals surface area contributed by atoms with Crippen LogP contribution >= 0.6 is 11.3 Å². The Bertz CT molecular complexity index is 710. The second kappa shape index (κ2) is 5.04. The van der Waals surface area contributed by atoms with Crippen LogP contribution in [0.4, 0.5) is 0 Å². The fourth-order valence-electron chi connectivity index (χ4n) is 2.63. The van der Waals surface area contributed by atoms with Crippen LogP contribution in [0.5, 0.6) is 0 Å². The lowest BCUT2D eigenvalue weighted by atomic mass is 10.1. The molecule has 0 spiro atoms. The second-order valence-electron chi connectivity index (χ2n) is 5.38. The van der Waals surface area contributed by atoms with Gasteiger partial charge >= 0.3 is 0 Å². The predicted molar refractivity (Wildman–Crippen MR) is 83.0 cm³/mol. The number of nitrogens with zero attached hydrogens (tertiary/aromatic N) is 2. The minimum Gasteiger partial charge on any atom is -0.340 e. The first-order valence-corrected chi connectivity index (χ1v) is 7.96. The zero-order valence-corrected chi connectivity index (χ0v) is 12.1. The number of para-hydroxylation sites is 1. The van der Waals surface area contributed by atoms with Crippen LogP contribution in [0.25, 0.3) is 10.9 Å². The lowest BCUT2D eigenvalue weighted by Gasteiger charge is -2.09. The summed E-state index contributed by atoms with van der Waals surface area (Å²) in [5, 5.41) is 8.13. The first-order chi connectivity index (χ1) is 9.90. The highest BCUT2D eigenvalue weighted by molar-refractivity contribution is 7.09. The van der Waals surface area contributed by atoms with Crippen molar-refractivity contribution in [3.63, 3.8) is 0 Å². The highest BCUT2D eigenvalue weighted by atomic mass is 32.1. The van der Waals surface area contributed by atoms with E-state index in [9.17, 15) is 0 Å². The van der Waals surface area contributed by atoms with E-state index in [-0.39, 0.29) is 0 Å². The molecule has 102 valence electrons. The lowest BCUT2D eigenvalue weighted by Crippen LogP contribution is -2.16. The second-order valence-corrected chi connectivity index (χ2v) is 6.36. The highest BCUT2D eigenvalue weighted by Crippen LogP contribution is 2.24. The topological polar surface area (TPSA) is 29.9 Å². The van der Waals surface area contributed by atoms with Gasteiger partial charge in [-0.1, -0.05) is 18.2 Å². The summed E-state index contributed by atoms with van der Waals surface area (Å²) < 4.78 is 2.32. The smallest absolute Gasteiger partial charge is 0.112 e. The fraction of sp³-hybridized carbons (Fsp3) is 0.312. The Labute approximate surface area is 122 Å². The minimum atomic E-state index is 0.743. The number of hydrogen-bond acceptors (Lipinski definition) is 3. The van der Waals surface area contributed by atoms with E-state index in [0.717, 1.165) is 24.1 Å². The Kier molecular flexibility index (Phi) is 3.05. The van der Waals surface area contributed by atoms with Gasteiger partial charge in [0.25, 0.3) is 0 Å². The van der Waals surface area contributed by atoms with E-state index in [4.69, 9.17) is 0 Å². The van der Waals surface area contributed by atoms with Gasteiger partial charge in [-0.05, 0) is 29.9 Å². The van der Waals surface area contributed by atoms with Crippen LogP contribution in [0.1, 0.15) is 23.4 Å². The van der Waals surface area contributed by atoms with E-state index in [1.54, 1.807) is 11.3 Å². The van der Waals surface area contributed by atoms with Crippen molar-refractivity contribution in [3.05, 3.63) is 52.6 Å². The largest absolute Gasteiger partial charge is 0.340 e. The molecular formula is C16H17N3S. The van der Waals surface area contributed by atoms with Crippen LogP contribution in [0, 0.1) is 0 Å². The van der Waals surface area contributed by atoms with Crippen molar-refractivity contribution < 1.29 is 0 Å². The molecule has 3 aromatic rings. The van der Waals surface area contributed by atoms with Crippen molar-refractivity contribution in [2.75, 3.05) is 0 Å². The Morgan fingerprint density at radius 1 is 1.30 bits per heavy atom. The third kappa shape index (κ3) is 2.37. The fourth-order valence-corrected chi connectivity index (χ4v) is 3.25. The zero-order chi connectivity index (χ0) is 13.4. The Hall–Kier alpha value is -1.65. The monoisotopic (exact) mass is 283 g/mol. The van der Waals surface area contributed by atoms with Crippen LogP contribution in [0.15, 0.2) is 42.0 Å². The van der Waals surface area contributed by atoms with E-state index in [1.807, 2.05) is 11.6 Å². The molecule has 20 heavy (non-hydrogen) atoms. The molecule has 4 rings (SSSR count). The summed E-state index contributed by atoms with van der Waals surface area (Å²) in [6.07, 6.45) is 6.71. The predicted octanol–water partition coefficient (Wildman–Crippen LogP) is 3.40. The Balaban J connectivity index is 1.68. The number of rotatable bonds is 5. The minimum absolute atomic E-state index is 0.743. The molecule has 0 atom stereocenters. The van der Waals surface area contributed by atoms with E-state index >= 15 is 0 Å². The lowest BCUT2D eigenvalue weighted by molar-refractivity contribution is 0.687. The zero-order valence-electron chi connectivity index (χ0n) is 11.2. The van der Waals surface area contributed by atoms with Crippen molar-refractivity contribution in [3.8, 4) is 0 Å². The molecule has 1 aliphatic carbocycles. The molecule has 0 saturated heterocycles. The molecule has 0 bridgehead atoms. The van der Waals surface area contributed by atoms with Gasteiger partial charge in [0.1, 0.15) is 5.01 Å². The number of benzene rings is 1. The summed E-state index contributed by atoms with van der Waals surface area (Å²) in [5.74, 6) is 0. The molecule has 0 aliphatic heterocycles. The highest BCUT2D eigenvalue weighted by Gasteiger charge is 2.20. The molecule has 0 unspecified atom stereocenters. The summed E-state index contributed by atoms with van der Waals surface area (Å²) in [6.45, 7) is 1.82. The van der Waals surface area contributed by atoms with Crippen molar-refractivity contribution in [2.24, 2.45) is 0 Å². The van der Waals surface area contributed by atoms with Crippen molar-refractivity contribution >= 4 is 22.2 Å². The van der Waals surface area contributed by atoms with Gasteiger partial charge in [-0.2, -0.15) is 0 Å². The molecule has 1 saturated carbocycles. The first-order valence-electron chi connectivity index (χ1n) is 7.08. The van der Waals surface area contributed by atoms with Crippen LogP contribution in [0.3, 0.4) is 0 Å². The molecule has 1 aromatic carbocycles. The molecule has 2 heterocycles. The summed E-state index contributed by atoms with van der Waals surface area (Å²) in [6, 6.07) is 9.51. The third-order valence-electron chi connectivity index (χ3n) is 3.82. The van der Waals surface area contributed by atoms with Crippen molar-refractivity contribution in [2.45, 2.75) is 32.0 Å². The number of hydrogen-bond donors (Lipinski definition) is 1. The van der Waals surface area contributed by atoms with Crippen molar-refractivity contribution in [1.29, 1.82) is 0 Å². The molecule has 1 N–H and O–H groups in total. The molecule has 0 amide bonds. The quantitative estimate of drug-likeness (QED) is 0.778. The van der Waals surface area contributed by atoms with Crippen LogP contribution < -0.4 is 5.32 Å². The van der Waals surface area contributed by atoms with Gasteiger partial charge in [-0.15, -0.1) is 11.3 Å². The average molecular weight is 283 g/mol. The summed E-state index contributed by atoms with van der Waals surface area (Å²) in [4.78, 5) is 4.39. The average Bonchev–Trinajstić information content (AvgIpc) is 2.98. The molecule has 0 radical (unpaired) electrons. The van der Waals surface area contributed by atoms with Crippen LogP contribution in [-0.4, -0.2) is 15.6 Å². The number of thiazole rings is 1. The molecule has 1 aliphatic rings. The summed E-state index contributed by atoms with van der Waals surface area (Å²) in [7, 11) is 0. The van der Waals surface area contributed by atoms with E-state index in [1.165, 1.54) is 29.3 Å². The van der Waals surface area contributed by atoms with Gasteiger partial charge in [0.05, 0.1) is 12.1 Å². The van der Waals surface area contributed by atoms with Gasteiger partial charge in [0.15, 0.2) is 0 Å². The molecular weight excluding hydrogens is 266 g/mol. The maximum Gasteiger partial charge on any atom is 0.112 e. The maximum atomic E-state index is 4.39. The summed E-state index contributed by atoms with van der Waals surface area (Å²) in [5.41, 5.74) is 2.73. The standard InChI is InChI=1S/C16H17N3S/c1-2-12-6-8-19(11-15-17-7-9-20-15)16(12)13(3-1)10-18-14-4-5-14/h1-3,6-9,14,18H,4-5,10-11H2. The van der Waals surface area contributed by atoms with E-state index in [0.29, 0.717) is 0 Å². The Morgan fingerprint density at radius 2 is 2.25 bits per heavy atom.